The minimum Gasteiger partial charge on any atom is -0.497 e. The second kappa shape index (κ2) is 12.0. The first-order valence-corrected chi connectivity index (χ1v) is 13.5. The lowest BCUT2D eigenvalue weighted by atomic mass is 9.83. The van der Waals surface area contributed by atoms with E-state index in [4.69, 9.17) is 14.5 Å². The summed E-state index contributed by atoms with van der Waals surface area (Å²) in [5.74, 6) is 1.44. The molecule has 0 spiro atoms. The molecular formula is C30H40N4O4. The van der Waals surface area contributed by atoms with Gasteiger partial charge in [0.2, 0.25) is 5.91 Å². The number of hydrogen-bond donors (Lipinski definition) is 1. The Hall–Kier alpha value is -3.39. The van der Waals surface area contributed by atoms with Crippen molar-refractivity contribution < 1.29 is 14.3 Å². The summed E-state index contributed by atoms with van der Waals surface area (Å²) in [4.78, 5) is 33.7. The van der Waals surface area contributed by atoms with Crippen LogP contribution in [0.15, 0.2) is 47.3 Å². The first-order valence-electron chi connectivity index (χ1n) is 13.5. The summed E-state index contributed by atoms with van der Waals surface area (Å²) in [5, 5.41) is 3.29. The number of ether oxygens (including phenoxy) is 2. The van der Waals surface area contributed by atoms with Gasteiger partial charge in [0, 0.05) is 18.2 Å². The van der Waals surface area contributed by atoms with Crippen LogP contribution in [0.5, 0.6) is 11.5 Å². The molecule has 1 aromatic heterocycles. The van der Waals surface area contributed by atoms with Crippen molar-refractivity contribution in [3.63, 3.8) is 0 Å². The molecule has 0 unspecified atom stereocenters. The largest absolute Gasteiger partial charge is 0.497 e. The summed E-state index contributed by atoms with van der Waals surface area (Å²) in [6.45, 7) is 12.2. The van der Waals surface area contributed by atoms with Gasteiger partial charge in [0.25, 0.3) is 5.56 Å². The Balaban J connectivity index is 1.55. The van der Waals surface area contributed by atoms with Crippen LogP contribution in [0.2, 0.25) is 0 Å². The van der Waals surface area contributed by atoms with Gasteiger partial charge in [0.15, 0.2) is 0 Å². The van der Waals surface area contributed by atoms with E-state index in [9.17, 15) is 9.59 Å². The first-order chi connectivity index (χ1) is 18.1. The summed E-state index contributed by atoms with van der Waals surface area (Å²) >= 11 is 0. The Bertz CT molecular complexity index is 1320. The highest BCUT2D eigenvalue weighted by Crippen LogP contribution is 2.29. The van der Waals surface area contributed by atoms with Gasteiger partial charge in [0.1, 0.15) is 23.9 Å². The minimum absolute atomic E-state index is 0.0386. The smallest absolute Gasteiger partial charge is 0.262 e. The van der Waals surface area contributed by atoms with Gasteiger partial charge in [-0.25, -0.2) is 4.98 Å². The van der Waals surface area contributed by atoms with Crippen molar-refractivity contribution >= 4 is 16.8 Å². The fourth-order valence-corrected chi connectivity index (χ4v) is 4.79. The van der Waals surface area contributed by atoms with Crippen molar-refractivity contribution in [3.8, 4) is 22.9 Å². The number of carbonyl (C=O) groups excluding carboxylic acids is 1. The molecule has 3 aromatic rings. The second-order valence-corrected chi connectivity index (χ2v) is 11.2. The van der Waals surface area contributed by atoms with Crippen molar-refractivity contribution in [2.75, 3.05) is 33.4 Å². The van der Waals surface area contributed by atoms with E-state index in [1.165, 1.54) is 17.4 Å². The molecule has 0 radical (unpaired) electrons. The molecule has 1 saturated heterocycles. The van der Waals surface area contributed by atoms with Gasteiger partial charge in [-0.2, -0.15) is 0 Å². The highest BCUT2D eigenvalue weighted by atomic mass is 16.5. The molecule has 4 rings (SSSR count). The van der Waals surface area contributed by atoms with E-state index < -0.39 is 0 Å². The topological polar surface area (TPSA) is 85.7 Å². The van der Waals surface area contributed by atoms with E-state index in [1.807, 2.05) is 44.2 Å². The molecule has 38 heavy (non-hydrogen) atoms. The molecule has 2 aromatic carbocycles. The number of benzene rings is 2. The Labute approximate surface area is 225 Å². The quantitative estimate of drug-likeness (QED) is 0.397. The van der Waals surface area contributed by atoms with Gasteiger partial charge in [-0.15, -0.1) is 0 Å². The molecule has 0 atom stereocenters. The van der Waals surface area contributed by atoms with Gasteiger partial charge < -0.3 is 19.7 Å². The van der Waals surface area contributed by atoms with Gasteiger partial charge >= 0.3 is 0 Å². The van der Waals surface area contributed by atoms with Gasteiger partial charge in [0.05, 0.1) is 24.6 Å². The average Bonchev–Trinajstić information content (AvgIpc) is 2.88. The third-order valence-corrected chi connectivity index (χ3v) is 7.10. The molecule has 8 nitrogen and oxygen atoms in total. The summed E-state index contributed by atoms with van der Waals surface area (Å²) in [5.41, 5.74) is 1.41. The number of nitrogens with one attached hydrogen (secondary N) is 1. The van der Waals surface area contributed by atoms with Crippen LogP contribution in [0.1, 0.15) is 47.0 Å². The van der Waals surface area contributed by atoms with Crippen LogP contribution in [-0.4, -0.2) is 59.8 Å². The molecule has 1 aliphatic rings. The number of fused-ring (bicyclic) bond motifs is 1. The van der Waals surface area contributed by atoms with Gasteiger partial charge in [-0.3, -0.25) is 14.2 Å². The van der Waals surface area contributed by atoms with Crippen LogP contribution < -0.4 is 20.3 Å². The van der Waals surface area contributed by atoms with E-state index in [1.54, 1.807) is 19.2 Å². The number of methoxy groups -OCH3 is 1. The summed E-state index contributed by atoms with van der Waals surface area (Å²) in [7, 11) is 1.59. The summed E-state index contributed by atoms with van der Waals surface area (Å²) in [6, 6.07) is 12.7. The van der Waals surface area contributed by atoms with Crippen LogP contribution >= 0.6 is 0 Å². The predicted octanol–water partition coefficient (Wildman–Crippen LogP) is 4.49. The Morgan fingerprint density at radius 3 is 2.58 bits per heavy atom. The number of hydrogen-bond acceptors (Lipinski definition) is 6. The lowest BCUT2D eigenvalue weighted by molar-refractivity contribution is -0.122. The first kappa shape index (κ1) is 27.6. The van der Waals surface area contributed by atoms with Crippen LogP contribution in [-0.2, 0) is 11.3 Å². The van der Waals surface area contributed by atoms with Gasteiger partial charge in [-0.1, -0.05) is 26.0 Å². The maximum atomic E-state index is 13.7. The number of nitrogens with zero attached hydrogens (tertiary/aromatic N) is 3. The number of rotatable bonds is 10. The molecule has 0 saturated carbocycles. The molecule has 8 heteroatoms. The van der Waals surface area contributed by atoms with E-state index in [0.717, 1.165) is 26.1 Å². The Kier molecular flexibility index (Phi) is 8.72. The lowest BCUT2D eigenvalue weighted by Gasteiger charge is -2.36. The number of amides is 1. The molecule has 204 valence electrons. The second-order valence-electron chi connectivity index (χ2n) is 11.2. The normalized spacial score (nSPS) is 15.5. The molecular weight excluding hydrogens is 480 g/mol. The van der Waals surface area contributed by atoms with Crippen molar-refractivity contribution in [3.05, 3.63) is 52.8 Å². The Morgan fingerprint density at radius 2 is 1.87 bits per heavy atom. The van der Waals surface area contributed by atoms with Crippen molar-refractivity contribution in [2.24, 2.45) is 5.41 Å². The molecule has 0 aliphatic carbocycles. The highest BCUT2D eigenvalue weighted by Gasteiger charge is 2.24. The van der Waals surface area contributed by atoms with Crippen LogP contribution in [0.3, 0.4) is 0 Å². The monoisotopic (exact) mass is 520 g/mol. The zero-order valence-electron chi connectivity index (χ0n) is 23.3. The molecule has 1 fully saturated rings. The summed E-state index contributed by atoms with van der Waals surface area (Å²) in [6.07, 6.45) is 3.38. The molecule has 1 amide bonds. The van der Waals surface area contributed by atoms with Crippen LogP contribution in [0.4, 0.5) is 0 Å². The lowest BCUT2D eigenvalue weighted by Crippen LogP contribution is -2.38. The zero-order chi connectivity index (χ0) is 27.3. The number of likely N-dealkylation sites (tertiary alicyclic amines) is 1. The maximum absolute atomic E-state index is 13.7. The van der Waals surface area contributed by atoms with E-state index in [2.05, 4.69) is 24.1 Å². The fraction of sp³-hybridized carbons (Fsp3) is 0.500. The molecule has 1 aliphatic heterocycles. The van der Waals surface area contributed by atoms with Crippen molar-refractivity contribution in [2.45, 2.75) is 59.5 Å². The standard InChI is InChI=1S/C30H40N4O4/c1-21(2)31-27(35)20-34-28(22-8-6-9-23(18-22)37-5)32-26-11-10-24(19-25(26)29(34)36)38-17-7-14-33-15-12-30(3,4)13-16-33/h6,8-11,18-19,21H,7,12-17,20H2,1-5H3,(H,31,35). The Morgan fingerprint density at radius 1 is 1.11 bits per heavy atom. The van der Waals surface area contributed by atoms with Crippen LogP contribution in [0.25, 0.3) is 22.3 Å². The van der Waals surface area contributed by atoms with Crippen molar-refractivity contribution in [1.29, 1.82) is 0 Å². The van der Waals surface area contributed by atoms with E-state index in [0.29, 0.717) is 45.8 Å². The minimum atomic E-state index is -0.284. The van der Waals surface area contributed by atoms with Crippen LogP contribution in [0, 0.1) is 5.41 Å². The fourth-order valence-electron chi connectivity index (χ4n) is 4.79. The van der Waals surface area contributed by atoms with Crippen molar-refractivity contribution in [1.82, 2.24) is 19.8 Å². The van der Waals surface area contributed by atoms with E-state index in [-0.39, 0.29) is 24.1 Å². The number of aromatic nitrogens is 2. The molecule has 1 N–H and O–H groups in total. The maximum Gasteiger partial charge on any atom is 0.262 e. The highest BCUT2D eigenvalue weighted by molar-refractivity contribution is 5.83. The third kappa shape index (κ3) is 6.92. The zero-order valence-corrected chi connectivity index (χ0v) is 23.3. The SMILES string of the molecule is COc1cccc(-c2nc3ccc(OCCCN4CCC(C)(C)CC4)cc3c(=O)n2CC(=O)NC(C)C)c1. The van der Waals surface area contributed by atoms with E-state index >= 15 is 0 Å². The van der Waals surface area contributed by atoms with Gasteiger partial charge in [-0.05, 0) is 81.9 Å². The summed E-state index contributed by atoms with van der Waals surface area (Å²) < 4.78 is 12.8. The third-order valence-electron chi connectivity index (χ3n) is 7.10. The molecule has 2 heterocycles. The number of carbonyl (C=O) groups is 1. The molecule has 0 bridgehead atoms. The average molecular weight is 521 g/mol. The number of piperidine rings is 1. The predicted molar refractivity (Wildman–Crippen MR) is 151 cm³/mol.